The fourth-order valence-electron chi connectivity index (χ4n) is 6.67. The van der Waals surface area contributed by atoms with Gasteiger partial charge in [0.05, 0.1) is 14.2 Å². The van der Waals surface area contributed by atoms with Crippen LogP contribution in [0, 0.1) is 40.4 Å². The maximum atomic E-state index is 12.7. The molecule has 0 aromatic carbocycles. The van der Waals surface area contributed by atoms with Crippen LogP contribution in [-0.2, 0) is 23.9 Å². The van der Waals surface area contributed by atoms with E-state index in [9.17, 15) is 14.4 Å². The molecule has 7 nitrogen and oxygen atoms in total. The largest absolute Gasteiger partial charge is 0.468 e. The van der Waals surface area contributed by atoms with Crippen LogP contribution >= 0.6 is 11.8 Å². The van der Waals surface area contributed by atoms with Crippen molar-refractivity contribution in [1.82, 2.24) is 9.32 Å². The van der Waals surface area contributed by atoms with Gasteiger partial charge in [0.1, 0.15) is 12.1 Å². The highest BCUT2D eigenvalue weighted by molar-refractivity contribution is 6.15. The first-order chi connectivity index (χ1) is 16.4. The van der Waals surface area contributed by atoms with Gasteiger partial charge in [-0.05, 0) is 59.6 Å². The van der Waals surface area contributed by atoms with Crippen LogP contribution in [0.1, 0.15) is 60.3 Å². The summed E-state index contributed by atoms with van der Waals surface area (Å²) in [6.45, 7) is 15.9. The number of nitrogens with zero attached hydrogens (tertiary/aromatic N) is 2. The third kappa shape index (κ3) is 5.13. The zero-order valence-electron chi connectivity index (χ0n) is 22.4. The number of hydrogen-bond donors (Lipinski definition) is 0. The highest BCUT2D eigenvalue weighted by Crippen LogP contribution is 2.66. The molecule has 0 radical (unpaired) electrons. The topological polar surface area (TPSA) is 76.1 Å². The Morgan fingerprint density at radius 1 is 0.971 bits per heavy atom. The third-order valence-corrected chi connectivity index (χ3v) is 9.59. The van der Waals surface area contributed by atoms with Gasteiger partial charge in [0.2, 0.25) is 5.91 Å². The van der Waals surface area contributed by atoms with Gasteiger partial charge in [0.15, 0.2) is 0 Å². The molecule has 2 heterocycles. The predicted molar refractivity (Wildman–Crippen MR) is 135 cm³/mol. The van der Waals surface area contributed by atoms with Gasteiger partial charge in [-0.1, -0.05) is 47.1 Å². The van der Waals surface area contributed by atoms with E-state index in [-0.39, 0.29) is 52.6 Å². The van der Waals surface area contributed by atoms with Crippen LogP contribution in [0.15, 0.2) is 12.7 Å². The molecule has 2 saturated carbocycles. The first-order valence-corrected chi connectivity index (χ1v) is 13.2. The Hall–Kier alpha value is -1.60. The summed E-state index contributed by atoms with van der Waals surface area (Å²) >= 11 is 5.94. The van der Waals surface area contributed by atoms with E-state index in [0.29, 0.717) is 24.3 Å². The Morgan fingerprint density at radius 3 is 2.00 bits per heavy atom. The lowest BCUT2D eigenvalue weighted by molar-refractivity contribution is -0.154. The summed E-state index contributed by atoms with van der Waals surface area (Å²) in [5.74, 6) is 1.27. The summed E-state index contributed by atoms with van der Waals surface area (Å²) in [7, 11) is 2.82. The molecule has 2 aliphatic heterocycles. The molecule has 2 aliphatic carbocycles. The van der Waals surface area contributed by atoms with Crippen molar-refractivity contribution in [3.05, 3.63) is 12.7 Å². The van der Waals surface area contributed by atoms with Gasteiger partial charge in [0, 0.05) is 24.9 Å². The molecular formula is C27H43ClN2O5. The average Bonchev–Trinajstić information content (AvgIpc) is 3.32. The molecule has 1 amide bonds. The van der Waals surface area contributed by atoms with Crippen molar-refractivity contribution >= 4 is 29.6 Å². The van der Waals surface area contributed by atoms with Gasteiger partial charge < -0.3 is 14.4 Å². The summed E-state index contributed by atoms with van der Waals surface area (Å²) < 4.78 is 11.3. The molecule has 7 atom stereocenters. The van der Waals surface area contributed by atoms with Crippen LogP contribution in [0.2, 0.25) is 0 Å². The second-order valence-corrected chi connectivity index (χ2v) is 12.3. The van der Waals surface area contributed by atoms with E-state index in [1.807, 2.05) is 13.0 Å². The van der Waals surface area contributed by atoms with E-state index in [4.69, 9.17) is 21.3 Å². The molecular weight excluding hydrogens is 468 g/mol. The first-order valence-electron chi connectivity index (χ1n) is 12.9. The SMILES string of the molecule is C=CCCCC[C@H](C)C(=O)N1C[C@H]2[C@@H]([C@H]1C(=O)OC)C2(C)C.COC(=O)[C@@H]1[C@@H]2[C@H](CN1Cl)C2(C)C. The van der Waals surface area contributed by atoms with E-state index in [1.54, 1.807) is 9.32 Å². The number of allylic oxidation sites excluding steroid dienone is 1. The lowest BCUT2D eigenvalue weighted by atomic mass is 9.97. The molecule has 4 rings (SSSR count). The Labute approximate surface area is 215 Å². The Bertz CT molecular complexity index is 843. The smallest absolute Gasteiger partial charge is 0.328 e. The molecule has 0 aromatic rings. The van der Waals surface area contributed by atoms with Crippen LogP contribution in [0.25, 0.3) is 0 Å². The number of hydrogen-bond acceptors (Lipinski definition) is 6. The molecule has 8 heteroatoms. The van der Waals surface area contributed by atoms with Crippen molar-refractivity contribution in [2.24, 2.45) is 40.4 Å². The number of carbonyl (C=O) groups excluding carboxylic acids is 3. The predicted octanol–water partition coefficient (Wildman–Crippen LogP) is 4.29. The number of likely N-dealkylation sites (tertiary alicyclic amines) is 1. The van der Waals surface area contributed by atoms with Crippen molar-refractivity contribution in [2.45, 2.75) is 72.4 Å². The van der Waals surface area contributed by atoms with Crippen molar-refractivity contribution in [1.29, 1.82) is 0 Å². The zero-order valence-corrected chi connectivity index (χ0v) is 23.1. The van der Waals surface area contributed by atoms with Crippen LogP contribution in [0.4, 0.5) is 0 Å². The Morgan fingerprint density at radius 2 is 1.49 bits per heavy atom. The third-order valence-electron chi connectivity index (χ3n) is 9.25. The number of halogens is 1. The monoisotopic (exact) mass is 510 g/mol. The van der Waals surface area contributed by atoms with Gasteiger partial charge in [-0.15, -0.1) is 6.58 Å². The molecule has 4 fully saturated rings. The molecule has 0 aromatic heterocycles. The fraction of sp³-hybridized carbons (Fsp3) is 0.815. The minimum absolute atomic E-state index is 0.0300. The van der Waals surface area contributed by atoms with E-state index in [1.165, 1.54) is 14.2 Å². The van der Waals surface area contributed by atoms with Crippen molar-refractivity contribution in [2.75, 3.05) is 27.3 Å². The van der Waals surface area contributed by atoms with Crippen molar-refractivity contribution in [3.8, 4) is 0 Å². The highest BCUT2D eigenvalue weighted by atomic mass is 35.5. The van der Waals surface area contributed by atoms with E-state index in [0.717, 1.165) is 32.2 Å². The second-order valence-electron chi connectivity index (χ2n) is 11.9. The number of amides is 1. The lowest BCUT2D eigenvalue weighted by Gasteiger charge is -2.31. The highest BCUT2D eigenvalue weighted by Gasteiger charge is 2.70. The molecule has 4 aliphatic rings. The number of methoxy groups -OCH3 is 2. The van der Waals surface area contributed by atoms with Gasteiger partial charge >= 0.3 is 11.9 Å². The molecule has 0 bridgehead atoms. The lowest BCUT2D eigenvalue weighted by Crippen LogP contribution is -2.47. The van der Waals surface area contributed by atoms with E-state index in [2.05, 4.69) is 34.3 Å². The summed E-state index contributed by atoms with van der Waals surface area (Å²) in [5, 5.41) is 0. The van der Waals surface area contributed by atoms with Crippen LogP contribution in [-0.4, -0.2) is 66.6 Å². The number of fused-ring (bicyclic) bond motifs is 2. The van der Waals surface area contributed by atoms with Gasteiger partial charge in [-0.25, -0.2) is 9.21 Å². The van der Waals surface area contributed by atoms with Gasteiger partial charge in [0.25, 0.3) is 0 Å². The van der Waals surface area contributed by atoms with Crippen LogP contribution in [0.5, 0.6) is 0 Å². The molecule has 2 saturated heterocycles. The first kappa shape index (κ1) is 28.0. The van der Waals surface area contributed by atoms with E-state index >= 15 is 0 Å². The summed E-state index contributed by atoms with van der Waals surface area (Å²) in [6.07, 6.45) is 5.87. The number of carbonyl (C=O) groups is 3. The summed E-state index contributed by atoms with van der Waals surface area (Å²) in [5.41, 5.74) is 0.424. The molecule has 35 heavy (non-hydrogen) atoms. The standard InChI is InChI=1S/C18H29NO3.C9H14ClNO2/c1-6-7-8-9-10-12(2)16(20)19-11-13-14(18(13,3)4)15(19)17(21)22-5;1-9(2)5-4-11(10)7(6(5)9)8(12)13-3/h6,12-15H,1,7-11H2,2-5H3;5-7H,4H2,1-3H3/t12-,13-,14-,15-;5-,6-,7-/m00/s1. The minimum atomic E-state index is -0.381. The maximum Gasteiger partial charge on any atom is 0.328 e. The van der Waals surface area contributed by atoms with Gasteiger partial charge in [-0.3, -0.25) is 9.59 Å². The molecule has 0 unspecified atom stereocenters. The second kappa shape index (κ2) is 10.4. The Balaban J connectivity index is 0.000000223. The summed E-state index contributed by atoms with van der Waals surface area (Å²) in [6, 6.07) is -0.611. The fourth-order valence-corrected chi connectivity index (χ4v) is 7.02. The Kier molecular flexibility index (Phi) is 8.32. The molecule has 0 N–H and O–H groups in total. The number of piperidine rings is 2. The van der Waals surface area contributed by atoms with Crippen molar-refractivity contribution < 1.29 is 23.9 Å². The number of esters is 2. The average molecular weight is 511 g/mol. The number of unbranched alkanes of at least 4 members (excludes halogenated alkanes) is 2. The molecule has 198 valence electrons. The summed E-state index contributed by atoms with van der Waals surface area (Å²) in [4.78, 5) is 38.0. The van der Waals surface area contributed by atoms with E-state index < -0.39 is 0 Å². The zero-order chi connectivity index (χ0) is 26.3. The number of ether oxygens (including phenoxy) is 2. The van der Waals surface area contributed by atoms with Crippen molar-refractivity contribution in [3.63, 3.8) is 0 Å². The normalized spacial score (nSPS) is 34.0. The number of rotatable bonds is 8. The van der Waals surface area contributed by atoms with Crippen LogP contribution < -0.4 is 0 Å². The van der Waals surface area contributed by atoms with Crippen LogP contribution in [0.3, 0.4) is 0 Å². The van der Waals surface area contributed by atoms with Gasteiger partial charge in [-0.2, -0.15) is 0 Å². The maximum absolute atomic E-state index is 12.7. The minimum Gasteiger partial charge on any atom is -0.468 e. The quantitative estimate of drug-likeness (QED) is 0.210. The molecule has 0 spiro atoms.